The van der Waals surface area contributed by atoms with Gasteiger partial charge in [-0.2, -0.15) is 0 Å². The highest BCUT2D eigenvalue weighted by atomic mass is 28.4. The molecule has 1 heterocycles. The third-order valence-electron chi connectivity index (χ3n) is 6.08. The van der Waals surface area contributed by atoms with Gasteiger partial charge in [-0.05, 0) is 28.8 Å². The lowest BCUT2D eigenvalue weighted by molar-refractivity contribution is -0.740. The number of benzene rings is 2. The molecule has 0 radical (unpaired) electrons. The van der Waals surface area contributed by atoms with Crippen LogP contribution in [-0.4, -0.2) is 43.7 Å². The van der Waals surface area contributed by atoms with E-state index >= 15 is 0 Å². The summed E-state index contributed by atoms with van der Waals surface area (Å²) in [4.78, 5) is 18.8. The summed E-state index contributed by atoms with van der Waals surface area (Å²) in [5, 5.41) is 14.6. The molecule has 0 unspecified atom stereocenters. The van der Waals surface area contributed by atoms with Crippen molar-refractivity contribution in [2.24, 2.45) is 0 Å². The summed E-state index contributed by atoms with van der Waals surface area (Å²) in [6.07, 6.45) is 1.04. The second-order valence-corrected chi connectivity index (χ2v) is 13.6. The van der Waals surface area contributed by atoms with Gasteiger partial charge in [0.1, 0.15) is 6.10 Å². The highest BCUT2D eigenvalue weighted by molar-refractivity contribution is 6.99. The van der Waals surface area contributed by atoms with Crippen molar-refractivity contribution in [1.29, 1.82) is 0 Å². The minimum absolute atomic E-state index is 0.106. The zero-order chi connectivity index (χ0) is 24.1. The number of carbonyl (C=O) groups is 1. The van der Waals surface area contributed by atoms with E-state index < -0.39 is 26.5 Å². The second-order valence-electron chi connectivity index (χ2n) is 9.35. The van der Waals surface area contributed by atoms with Gasteiger partial charge in [-0.25, -0.2) is 4.79 Å². The Morgan fingerprint density at radius 1 is 1.03 bits per heavy atom. The van der Waals surface area contributed by atoms with Crippen molar-refractivity contribution in [3.8, 4) is 0 Å². The topological polar surface area (TPSA) is 70.8 Å². The van der Waals surface area contributed by atoms with Crippen molar-refractivity contribution < 1.29 is 23.7 Å². The third kappa shape index (κ3) is 4.99. The van der Waals surface area contributed by atoms with Gasteiger partial charge >= 0.3 is 11.7 Å². The first-order valence-electron chi connectivity index (χ1n) is 11.7. The Labute approximate surface area is 197 Å². The zero-order valence-electron chi connectivity index (χ0n) is 20.2. The predicted molar refractivity (Wildman–Crippen MR) is 132 cm³/mol. The molecule has 0 saturated heterocycles. The van der Waals surface area contributed by atoms with E-state index in [1.54, 1.807) is 6.92 Å². The van der Waals surface area contributed by atoms with E-state index in [4.69, 9.17) is 14.0 Å². The molecule has 3 rings (SSSR count). The average molecular weight is 470 g/mol. The molecule has 0 fully saturated rings. The Balaban J connectivity index is 2.20. The van der Waals surface area contributed by atoms with Gasteiger partial charge in [0.05, 0.1) is 11.5 Å². The molecule has 1 aliphatic rings. The first-order chi connectivity index (χ1) is 15.8. The highest BCUT2D eigenvalue weighted by Crippen LogP contribution is 2.39. The lowest BCUT2D eigenvalue weighted by Gasteiger charge is -2.44. The monoisotopic (exact) mass is 469 g/mol. The maximum Gasteiger partial charge on any atom is 0.408 e. The molecule has 178 valence electrons. The summed E-state index contributed by atoms with van der Waals surface area (Å²) in [7, 11) is -3.01. The van der Waals surface area contributed by atoms with E-state index in [1.165, 1.54) is 0 Å². The molecule has 2 atom stereocenters. The van der Waals surface area contributed by atoms with Crippen LogP contribution >= 0.6 is 0 Å². The number of ether oxygens (including phenoxy) is 1. The molecule has 0 amide bonds. The second kappa shape index (κ2) is 10.5. The van der Waals surface area contributed by atoms with Gasteiger partial charge in [0.2, 0.25) is 0 Å². The molecule has 7 heteroatoms. The van der Waals surface area contributed by atoms with Crippen molar-refractivity contribution in [2.75, 3.05) is 6.61 Å². The highest BCUT2D eigenvalue weighted by Gasteiger charge is 2.57. The number of hydrogen-bond donors (Lipinski definition) is 0. The average Bonchev–Trinajstić information content (AvgIpc) is 3.11. The SMILES string of the molecule is CCCC[C@@H]1O[N+]([O-])=C(C(=O)OCC)[C@@H]1O[Si](c1ccccc1)(c1ccccc1)C(C)(C)C. The summed E-state index contributed by atoms with van der Waals surface area (Å²) in [5.41, 5.74) is -0.106. The largest absolute Gasteiger partial charge is 0.458 e. The molecular weight excluding hydrogens is 434 g/mol. The van der Waals surface area contributed by atoms with E-state index in [2.05, 4.69) is 52.0 Å². The Hall–Kier alpha value is -2.64. The number of rotatable bonds is 9. The quantitative estimate of drug-likeness (QED) is 0.316. The van der Waals surface area contributed by atoms with Crippen molar-refractivity contribution in [1.82, 2.24) is 0 Å². The lowest BCUT2D eigenvalue weighted by Crippen LogP contribution is -2.69. The maximum absolute atomic E-state index is 12.8. The van der Waals surface area contributed by atoms with Gasteiger partial charge in [0.25, 0.3) is 8.32 Å². The number of hydrogen-bond acceptors (Lipinski definition) is 5. The molecule has 2 aromatic carbocycles. The van der Waals surface area contributed by atoms with E-state index in [9.17, 15) is 10.0 Å². The predicted octanol–water partition coefficient (Wildman–Crippen LogP) is 3.95. The summed E-state index contributed by atoms with van der Waals surface area (Å²) in [5.74, 6) is -0.686. The minimum atomic E-state index is -3.01. The van der Waals surface area contributed by atoms with Crippen molar-refractivity contribution in [3.05, 3.63) is 65.9 Å². The molecule has 0 aromatic heterocycles. The molecule has 6 nitrogen and oxygen atoms in total. The first kappa shape index (κ1) is 25.0. The first-order valence-corrected chi connectivity index (χ1v) is 13.6. The van der Waals surface area contributed by atoms with Crippen molar-refractivity contribution in [2.45, 2.75) is 71.1 Å². The Kier molecular flexibility index (Phi) is 7.97. The fraction of sp³-hybridized carbons (Fsp3) is 0.462. The minimum Gasteiger partial charge on any atom is -0.458 e. The van der Waals surface area contributed by atoms with Crippen LogP contribution in [0.25, 0.3) is 0 Å². The van der Waals surface area contributed by atoms with Gasteiger partial charge in [0.15, 0.2) is 6.10 Å². The van der Waals surface area contributed by atoms with Crippen LogP contribution < -0.4 is 10.4 Å². The number of nitrogens with zero attached hydrogens (tertiary/aromatic N) is 1. The summed E-state index contributed by atoms with van der Waals surface area (Å²) in [6, 6.07) is 20.3. The molecule has 1 aliphatic heterocycles. The molecule has 2 aromatic rings. The van der Waals surface area contributed by atoms with Crippen LogP contribution in [0.2, 0.25) is 5.04 Å². The van der Waals surface area contributed by atoms with Crippen LogP contribution in [0.3, 0.4) is 0 Å². The normalized spacial score (nSPS) is 18.8. The Morgan fingerprint density at radius 3 is 2.03 bits per heavy atom. The summed E-state index contributed by atoms with van der Waals surface area (Å²) < 4.78 is 12.4. The van der Waals surface area contributed by atoms with Gasteiger partial charge in [-0.3, -0.25) is 5.21 Å². The fourth-order valence-corrected chi connectivity index (χ4v) is 9.19. The van der Waals surface area contributed by atoms with Gasteiger partial charge in [0, 0.05) is 0 Å². The third-order valence-corrected chi connectivity index (χ3v) is 11.1. The lowest BCUT2D eigenvalue weighted by atomic mass is 10.0. The zero-order valence-corrected chi connectivity index (χ0v) is 21.2. The molecule has 0 bridgehead atoms. The Morgan fingerprint density at radius 2 is 1.58 bits per heavy atom. The number of carbonyl (C=O) groups excluding carboxylic acids is 1. The molecule has 33 heavy (non-hydrogen) atoms. The molecule has 0 saturated carbocycles. The van der Waals surface area contributed by atoms with E-state index in [0.29, 0.717) is 11.3 Å². The maximum atomic E-state index is 12.8. The smallest absolute Gasteiger partial charge is 0.408 e. The van der Waals surface area contributed by atoms with Gasteiger partial charge in [-0.15, -0.1) is 0 Å². The Bertz CT molecular complexity index is 916. The number of esters is 1. The van der Waals surface area contributed by atoms with Crippen LogP contribution in [0.5, 0.6) is 0 Å². The van der Waals surface area contributed by atoms with Crippen molar-refractivity contribution in [3.63, 3.8) is 0 Å². The summed E-state index contributed by atoms with van der Waals surface area (Å²) >= 11 is 0. The van der Waals surface area contributed by atoms with Crippen LogP contribution in [-0.2, 0) is 18.8 Å². The van der Waals surface area contributed by atoms with E-state index in [1.807, 2.05) is 36.4 Å². The van der Waals surface area contributed by atoms with Gasteiger partial charge < -0.3 is 14.0 Å². The standard InChI is InChI=1S/C26H35NO5Si/c1-6-8-19-22-24(23(27(29)31-22)25(28)30-7-2)32-33(26(3,4)5,20-15-11-9-12-16-20)21-17-13-10-14-18-21/h9-18,22,24H,6-8,19H2,1-5H3/t22-,24+/m0/s1. The molecule has 0 N–H and O–H groups in total. The number of unbranched alkanes of at least 4 members (excludes halogenated alkanes) is 1. The van der Waals surface area contributed by atoms with Crippen LogP contribution in [0, 0.1) is 5.21 Å². The summed E-state index contributed by atoms with van der Waals surface area (Å²) in [6.45, 7) is 10.5. The van der Waals surface area contributed by atoms with Crippen molar-refractivity contribution >= 4 is 30.4 Å². The van der Waals surface area contributed by atoms with Crippen LogP contribution in [0.15, 0.2) is 60.7 Å². The van der Waals surface area contributed by atoms with E-state index in [-0.39, 0.29) is 17.4 Å². The molecular formula is C26H35NO5Si. The van der Waals surface area contributed by atoms with Crippen LogP contribution in [0.4, 0.5) is 0 Å². The van der Waals surface area contributed by atoms with E-state index in [0.717, 1.165) is 23.2 Å². The molecule has 0 spiro atoms. The fourth-order valence-electron chi connectivity index (χ4n) is 4.53. The molecule has 0 aliphatic carbocycles. The van der Waals surface area contributed by atoms with Gasteiger partial charge in [-0.1, -0.05) is 101 Å². The van der Waals surface area contributed by atoms with Crippen LogP contribution in [0.1, 0.15) is 53.9 Å².